The summed E-state index contributed by atoms with van der Waals surface area (Å²) in [6, 6.07) is 23.3. The van der Waals surface area contributed by atoms with Gasteiger partial charge < -0.3 is 4.90 Å². The lowest BCUT2D eigenvalue weighted by Crippen LogP contribution is -2.56. The van der Waals surface area contributed by atoms with Crippen LogP contribution >= 0.6 is 0 Å². The van der Waals surface area contributed by atoms with E-state index in [0.717, 1.165) is 37.8 Å². The predicted molar refractivity (Wildman–Crippen MR) is 143 cm³/mol. The monoisotopic (exact) mass is 471 g/mol. The molecular formula is C30H39N4O+. The van der Waals surface area contributed by atoms with Crippen LogP contribution in [0.3, 0.4) is 0 Å². The van der Waals surface area contributed by atoms with Crippen molar-refractivity contribution in [3.8, 4) is 0 Å². The van der Waals surface area contributed by atoms with Crippen molar-refractivity contribution >= 4 is 11.6 Å². The van der Waals surface area contributed by atoms with Gasteiger partial charge in [0.15, 0.2) is 5.82 Å². The third kappa shape index (κ3) is 4.61. The molecule has 5 nitrogen and oxygen atoms in total. The number of aromatic nitrogens is 2. The highest BCUT2D eigenvalue weighted by molar-refractivity contribution is 5.54. The van der Waals surface area contributed by atoms with E-state index in [-0.39, 0.29) is 28.6 Å². The molecule has 3 heterocycles. The van der Waals surface area contributed by atoms with Gasteiger partial charge in [-0.15, -0.1) is 0 Å². The Morgan fingerprint density at radius 2 is 1.31 bits per heavy atom. The molecule has 0 radical (unpaired) electrons. The minimum absolute atomic E-state index is 0.00643. The third-order valence-electron chi connectivity index (χ3n) is 6.92. The molecule has 0 spiro atoms. The zero-order valence-electron chi connectivity index (χ0n) is 22.0. The predicted octanol–water partition coefficient (Wildman–Crippen LogP) is 5.05. The number of rotatable bonds is 4. The second-order valence-corrected chi connectivity index (χ2v) is 12.6. The average Bonchev–Trinajstić information content (AvgIpc) is 3.32. The summed E-state index contributed by atoms with van der Waals surface area (Å²) in [7, 11) is 0. The van der Waals surface area contributed by atoms with Crippen molar-refractivity contribution in [2.24, 2.45) is 10.8 Å². The summed E-state index contributed by atoms with van der Waals surface area (Å²) < 4.78 is 4.11. The second-order valence-electron chi connectivity index (χ2n) is 12.6. The summed E-state index contributed by atoms with van der Waals surface area (Å²) >= 11 is 0. The van der Waals surface area contributed by atoms with Gasteiger partial charge in [0.05, 0.1) is 19.2 Å². The van der Waals surface area contributed by atoms with Crippen LogP contribution in [-0.2, 0) is 0 Å². The SMILES string of the molecule is CC(C)(C)CN1C[C@@H](c2ccccc2)n2c1cc1[n+](c2=O)[C@H](c2ccccc2)CN1CC(C)(C)C. The zero-order valence-corrected chi connectivity index (χ0v) is 22.0. The molecule has 184 valence electrons. The quantitative estimate of drug-likeness (QED) is 0.500. The van der Waals surface area contributed by atoms with Crippen LogP contribution in [0.1, 0.15) is 64.8 Å². The Bertz CT molecular complexity index is 1160. The van der Waals surface area contributed by atoms with Gasteiger partial charge in [0.25, 0.3) is 0 Å². The molecule has 35 heavy (non-hydrogen) atoms. The first-order valence-corrected chi connectivity index (χ1v) is 12.8. The number of benzene rings is 2. The van der Waals surface area contributed by atoms with Crippen LogP contribution in [0.25, 0.3) is 0 Å². The van der Waals surface area contributed by atoms with Crippen LogP contribution in [0, 0.1) is 10.8 Å². The van der Waals surface area contributed by atoms with Crippen molar-refractivity contribution in [2.45, 2.75) is 53.6 Å². The van der Waals surface area contributed by atoms with Gasteiger partial charge in [-0.1, -0.05) is 102 Å². The number of nitrogens with zero attached hydrogens (tertiary/aromatic N) is 4. The Morgan fingerprint density at radius 1 is 0.771 bits per heavy atom. The summed E-state index contributed by atoms with van der Waals surface area (Å²) in [5, 5.41) is 0. The molecule has 1 aromatic heterocycles. The molecule has 0 saturated carbocycles. The smallest absolute Gasteiger partial charge is 0.341 e. The van der Waals surface area contributed by atoms with Gasteiger partial charge in [-0.3, -0.25) is 4.90 Å². The van der Waals surface area contributed by atoms with Crippen molar-refractivity contribution in [3.05, 3.63) is 88.3 Å². The second kappa shape index (κ2) is 8.54. The Balaban J connectivity index is 1.71. The maximum atomic E-state index is 14.4. The molecule has 5 heteroatoms. The third-order valence-corrected chi connectivity index (χ3v) is 6.92. The highest BCUT2D eigenvalue weighted by Crippen LogP contribution is 2.37. The molecule has 2 aliphatic rings. The Morgan fingerprint density at radius 3 is 1.89 bits per heavy atom. The standard InChI is InChI=1S/C30H39N4O/c1-29(2,3)20-31-18-24(22-13-9-7-10-14-22)33-26(31)17-27-32(21-30(4,5)6)19-25(34(27)28(33)35)23-15-11-8-12-16-23/h7-17,24-25H,18-21H2,1-6H3/q+1/t24-,25-/m0/s1. The van der Waals surface area contributed by atoms with Crippen LogP contribution < -0.4 is 20.1 Å². The zero-order chi connectivity index (χ0) is 25.0. The summed E-state index contributed by atoms with van der Waals surface area (Å²) in [5.74, 6) is 2.08. The number of hydrogen-bond acceptors (Lipinski definition) is 3. The lowest BCUT2D eigenvalue weighted by molar-refractivity contribution is -0.706. The fourth-order valence-electron chi connectivity index (χ4n) is 5.70. The first kappa shape index (κ1) is 23.7. The van der Waals surface area contributed by atoms with Crippen molar-refractivity contribution in [1.82, 2.24) is 4.57 Å². The van der Waals surface area contributed by atoms with Crippen molar-refractivity contribution in [2.75, 3.05) is 36.0 Å². The van der Waals surface area contributed by atoms with E-state index in [1.807, 2.05) is 12.1 Å². The molecule has 0 fully saturated rings. The Hall–Kier alpha value is -3.08. The van der Waals surface area contributed by atoms with E-state index in [0.29, 0.717) is 0 Å². The molecule has 3 aromatic rings. The number of anilines is 2. The maximum absolute atomic E-state index is 14.4. The maximum Gasteiger partial charge on any atom is 0.446 e. The largest absolute Gasteiger partial charge is 0.446 e. The first-order chi connectivity index (χ1) is 16.5. The van der Waals surface area contributed by atoms with Crippen LogP contribution in [0.15, 0.2) is 71.5 Å². The molecule has 2 aromatic carbocycles. The minimum atomic E-state index is 0.00643. The molecular weight excluding hydrogens is 432 g/mol. The van der Waals surface area contributed by atoms with E-state index < -0.39 is 0 Å². The van der Waals surface area contributed by atoms with E-state index in [9.17, 15) is 4.79 Å². The normalized spacial score (nSPS) is 19.7. The molecule has 2 atom stereocenters. The Kier molecular flexibility index (Phi) is 5.77. The van der Waals surface area contributed by atoms with E-state index in [1.165, 1.54) is 11.1 Å². The summed E-state index contributed by atoms with van der Waals surface area (Å²) in [5.41, 5.74) is 2.71. The molecule has 0 bridgehead atoms. The fourth-order valence-corrected chi connectivity index (χ4v) is 5.70. The molecule has 5 rings (SSSR count). The molecule has 0 amide bonds. The summed E-state index contributed by atoms with van der Waals surface area (Å²) in [4.78, 5) is 19.3. The van der Waals surface area contributed by atoms with Crippen molar-refractivity contribution in [1.29, 1.82) is 0 Å². The van der Waals surface area contributed by atoms with E-state index >= 15 is 0 Å². The van der Waals surface area contributed by atoms with Crippen molar-refractivity contribution < 1.29 is 4.57 Å². The fraction of sp³-hybridized carbons (Fsp3) is 0.467. The van der Waals surface area contributed by atoms with Gasteiger partial charge >= 0.3 is 5.69 Å². The first-order valence-electron chi connectivity index (χ1n) is 12.8. The summed E-state index contributed by atoms with van der Waals surface area (Å²) in [6.45, 7) is 17.0. The van der Waals surface area contributed by atoms with Gasteiger partial charge in [0.2, 0.25) is 5.82 Å². The number of fused-ring (bicyclic) bond motifs is 2. The summed E-state index contributed by atoms with van der Waals surface area (Å²) in [6.07, 6.45) is 0. The lowest BCUT2D eigenvalue weighted by Gasteiger charge is -2.27. The highest BCUT2D eigenvalue weighted by Gasteiger charge is 2.45. The van der Waals surface area contributed by atoms with Crippen LogP contribution in [0.4, 0.5) is 11.6 Å². The van der Waals surface area contributed by atoms with Crippen LogP contribution in [0.2, 0.25) is 0 Å². The molecule has 0 aliphatic carbocycles. The Labute approximate surface area is 209 Å². The van der Waals surface area contributed by atoms with Gasteiger partial charge in [0, 0.05) is 6.54 Å². The van der Waals surface area contributed by atoms with Crippen LogP contribution in [0.5, 0.6) is 0 Å². The average molecular weight is 472 g/mol. The van der Waals surface area contributed by atoms with Crippen molar-refractivity contribution in [3.63, 3.8) is 0 Å². The van der Waals surface area contributed by atoms with E-state index in [2.05, 4.69) is 115 Å². The molecule has 2 aliphatic heterocycles. The minimum Gasteiger partial charge on any atom is -0.341 e. The molecule has 0 saturated heterocycles. The van der Waals surface area contributed by atoms with E-state index in [1.54, 1.807) is 0 Å². The van der Waals surface area contributed by atoms with Crippen LogP contribution in [-0.4, -0.2) is 30.7 Å². The van der Waals surface area contributed by atoms with Gasteiger partial charge in [-0.25, -0.2) is 9.36 Å². The van der Waals surface area contributed by atoms with E-state index in [4.69, 9.17) is 0 Å². The van der Waals surface area contributed by atoms with Gasteiger partial charge in [-0.2, -0.15) is 4.57 Å². The molecule has 0 unspecified atom stereocenters. The highest BCUT2D eigenvalue weighted by atomic mass is 16.2. The molecule has 0 N–H and O–H groups in total. The lowest BCUT2D eigenvalue weighted by atomic mass is 9.95. The number of hydrogen-bond donors (Lipinski definition) is 0. The van der Waals surface area contributed by atoms with Gasteiger partial charge in [0.1, 0.15) is 18.6 Å². The topological polar surface area (TPSA) is 32.4 Å². The van der Waals surface area contributed by atoms with Gasteiger partial charge in [-0.05, 0) is 22.0 Å².